The number of hydrogen-bond acceptors (Lipinski definition) is 3. The van der Waals surface area contributed by atoms with Gasteiger partial charge in [0.2, 0.25) is 5.91 Å². The van der Waals surface area contributed by atoms with Crippen molar-refractivity contribution in [3.8, 4) is 0 Å². The summed E-state index contributed by atoms with van der Waals surface area (Å²) in [4.78, 5) is 25.6. The van der Waals surface area contributed by atoms with Crippen molar-refractivity contribution in [2.45, 2.75) is 45.4 Å². The number of nitrogens with zero attached hydrogens (tertiary/aromatic N) is 1. The first-order chi connectivity index (χ1) is 10.7. The third kappa shape index (κ3) is 4.92. The van der Waals surface area contributed by atoms with Crippen molar-refractivity contribution in [2.75, 3.05) is 6.54 Å². The Balaban J connectivity index is 1.96. The Morgan fingerprint density at radius 2 is 2.17 bits per heavy atom. The molecule has 0 saturated carbocycles. The van der Waals surface area contributed by atoms with E-state index < -0.39 is 17.7 Å². The molecule has 126 valence electrons. The van der Waals surface area contributed by atoms with E-state index in [-0.39, 0.29) is 18.3 Å². The molecule has 1 aliphatic rings. The highest BCUT2D eigenvalue weighted by molar-refractivity contribution is 9.10. The van der Waals surface area contributed by atoms with Crippen molar-refractivity contribution >= 4 is 27.9 Å². The highest BCUT2D eigenvalue weighted by atomic mass is 79.9. The summed E-state index contributed by atoms with van der Waals surface area (Å²) in [5, 5.41) is 2.57. The van der Waals surface area contributed by atoms with Gasteiger partial charge < -0.3 is 15.0 Å². The lowest BCUT2D eigenvalue weighted by Crippen LogP contribution is -2.43. The molecule has 2 amide bonds. The van der Waals surface area contributed by atoms with E-state index in [1.807, 2.05) is 0 Å². The summed E-state index contributed by atoms with van der Waals surface area (Å²) in [6.07, 6.45) is -0.139. The standard InChI is InChI=1S/C16H20BrFN2O3/c1-16(2,3)23-15(22)19-13-6-7-20(14(13)21)9-10-8-11(17)4-5-12(10)18/h4-5,8,13H,6-7,9H2,1-3H3,(H,19,22). The Morgan fingerprint density at radius 3 is 2.83 bits per heavy atom. The van der Waals surface area contributed by atoms with Crippen LogP contribution in [0.15, 0.2) is 22.7 Å². The molecule has 0 spiro atoms. The molecule has 0 bridgehead atoms. The lowest BCUT2D eigenvalue weighted by molar-refractivity contribution is -0.130. The number of halogens is 2. The first kappa shape index (κ1) is 17.7. The van der Waals surface area contributed by atoms with E-state index in [2.05, 4.69) is 21.2 Å². The Kier molecular flexibility index (Phi) is 5.29. The van der Waals surface area contributed by atoms with E-state index >= 15 is 0 Å². The quantitative estimate of drug-likeness (QED) is 0.867. The average Bonchev–Trinajstić information content (AvgIpc) is 2.73. The van der Waals surface area contributed by atoms with Crippen LogP contribution in [0, 0.1) is 5.82 Å². The molecule has 1 heterocycles. The number of rotatable bonds is 3. The molecule has 5 nitrogen and oxygen atoms in total. The van der Waals surface area contributed by atoms with Crippen molar-refractivity contribution in [3.05, 3.63) is 34.1 Å². The number of hydrogen-bond donors (Lipinski definition) is 1. The van der Waals surface area contributed by atoms with E-state index in [0.29, 0.717) is 18.5 Å². The molecule has 2 rings (SSSR count). The van der Waals surface area contributed by atoms with Crippen LogP contribution in [0.2, 0.25) is 0 Å². The average molecular weight is 387 g/mol. The third-order valence-corrected chi connectivity index (χ3v) is 3.85. The molecule has 0 aromatic heterocycles. The summed E-state index contributed by atoms with van der Waals surface area (Å²) in [7, 11) is 0. The zero-order valence-electron chi connectivity index (χ0n) is 13.4. The number of benzene rings is 1. The van der Waals surface area contributed by atoms with Crippen molar-refractivity contribution in [2.24, 2.45) is 0 Å². The van der Waals surface area contributed by atoms with Crippen molar-refractivity contribution in [1.82, 2.24) is 10.2 Å². The number of nitrogens with one attached hydrogen (secondary N) is 1. The highest BCUT2D eigenvalue weighted by Gasteiger charge is 2.34. The van der Waals surface area contributed by atoms with Gasteiger partial charge in [-0.3, -0.25) is 4.79 Å². The van der Waals surface area contributed by atoms with Gasteiger partial charge in [-0.1, -0.05) is 15.9 Å². The highest BCUT2D eigenvalue weighted by Crippen LogP contribution is 2.20. The molecule has 1 N–H and O–H groups in total. The minimum atomic E-state index is -0.625. The van der Waals surface area contributed by atoms with Crippen LogP contribution in [0.1, 0.15) is 32.8 Å². The van der Waals surface area contributed by atoms with Gasteiger partial charge >= 0.3 is 6.09 Å². The third-order valence-electron chi connectivity index (χ3n) is 3.36. The van der Waals surface area contributed by atoms with Crippen LogP contribution in [-0.2, 0) is 16.1 Å². The maximum atomic E-state index is 13.8. The van der Waals surface area contributed by atoms with Gasteiger partial charge in [-0.05, 0) is 45.4 Å². The molecule has 23 heavy (non-hydrogen) atoms. The Bertz CT molecular complexity index is 616. The van der Waals surface area contributed by atoms with Crippen LogP contribution in [0.4, 0.5) is 9.18 Å². The van der Waals surface area contributed by atoms with E-state index in [1.165, 1.54) is 11.0 Å². The van der Waals surface area contributed by atoms with Gasteiger partial charge in [0.1, 0.15) is 17.5 Å². The van der Waals surface area contributed by atoms with Crippen molar-refractivity contribution in [1.29, 1.82) is 0 Å². The molecular formula is C16H20BrFN2O3. The number of likely N-dealkylation sites (tertiary alicyclic amines) is 1. The minimum Gasteiger partial charge on any atom is -0.444 e. The van der Waals surface area contributed by atoms with Crippen LogP contribution in [0.5, 0.6) is 0 Å². The second-order valence-electron chi connectivity index (χ2n) is 6.48. The van der Waals surface area contributed by atoms with Crippen LogP contribution >= 0.6 is 15.9 Å². The van der Waals surface area contributed by atoms with Gasteiger partial charge in [0.25, 0.3) is 0 Å². The molecule has 1 aromatic rings. The number of ether oxygens (including phenoxy) is 1. The maximum Gasteiger partial charge on any atom is 0.408 e. The Labute approximate surface area is 143 Å². The zero-order chi connectivity index (χ0) is 17.2. The van der Waals surface area contributed by atoms with Crippen LogP contribution in [0.25, 0.3) is 0 Å². The van der Waals surface area contributed by atoms with E-state index in [1.54, 1.807) is 32.9 Å². The minimum absolute atomic E-state index is 0.177. The van der Waals surface area contributed by atoms with E-state index in [0.717, 1.165) is 4.47 Å². The molecule has 1 fully saturated rings. The first-order valence-corrected chi connectivity index (χ1v) is 8.17. The summed E-state index contributed by atoms with van der Waals surface area (Å²) >= 11 is 3.29. The van der Waals surface area contributed by atoms with Crippen LogP contribution in [0.3, 0.4) is 0 Å². The van der Waals surface area contributed by atoms with E-state index in [9.17, 15) is 14.0 Å². The van der Waals surface area contributed by atoms with Gasteiger partial charge in [0.05, 0.1) is 0 Å². The molecule has 1 unspecified atom stereocenters. The number of carbonyl (C=O) groups excluding carboxylic acids is 2. The fraction of sp³-hybridized carbons (Fsp3) is 0.500. The Morgan fingerprint density at radius 1 is 1.48 bits per heavy atom. The maximum absolute atomic E-state index is 13.8. The predicted octanol–water partition coefficient (Wildman–Crippen LogP) is 3.21. The lowest BCUT2D eigenvalue weighted by Gasteiger charge is -2.21. The van der Waals surface area contributed by atoms with Gasteiger partial charge in [-0.15, -0.1) is 0 Å². The van der Waals surface area contributed by atoms with Gasteiger partial charge in [0, 0.05) is 23.1 Å². The monoisotopic (exact) mass is 386 g/mol. The number of carbonyl (C=O) groups is 2. The smallest absolute Gasteiger partial charge is 0.408 e. The van der Waals surface area contributed by atoms with Gasteiger partial charge in [0.15, 0.2) is 0 Å². The normalized spacial score (nSPS) is 18.2. The fourth-order valence-corrected chi connectivity index (χ4v) is 2.76. The van der Waals surface area contributed by atoms with Crippen LogP contribution < -0.4 is 5.32 Å². The second kappa shape index (κ2) is 6.86. The van der Waals surface area contributed by atoms with E-state index in [4.69, 9.17) is 4.74 Å². The van der Waals surface area contributed by atoms with Gasteiger partial charge in [-0.2, -0.15) is 0 Å². The zero-order valence-corrected chi connectivity index (χ0v) is 14.9. The summed E-state index contributed by atoms with van der Waals surface area (Å²) in [5.74, 6) is -0.584. The first-order valence-electron chi connectivity index (χ1n) is 7.38. The topological polar surface area (TPSA) is 58.6 Å². The number of amides is 2. The molecule has 1 aromatic carbocycles. The molecule has 1 saturated heterocycles. The SMILES string of the molecule is CC(C)(C)OC(=O)NC1CCN(Cc2cc(Br)ccc2F)C1=O. The summed E-state index contributed by atoms with van der Waals surface area (Å²) in [5.41, 5.74) is -0.184. The Hall–Kier alpha value is -1.63. The molecular weight excluding hydrogens is 367 g/mol. The van der Waals surface area contributed by atoms with Crippen molar-refractivity contribution < 1.29 is 18.7 Å². The molecule has 0 aliphatic carbocycles. The molecule has 1 aliphatic heterocycles. The fourth-order valence-electron chi connectivity index (χ4n) is 2.35. The summed E-state index contributed by atoms with van der Waals surface area (Å²) in [6.45, 7) is 5.91. The van der Waals surface area contributed by atoms with Crippen molar-refractivity contribution in [3.63, 3.8) is 0 Å². The molecule has 1 atom stereocenters. The molecule has 0 radical (unpaired) electrons. The largest absolute Gasteiger partial charge is 0.444 e. The van der Waals surface area contributed by atoms with Crippen LogP contribution in [-0.4, -0.2) is 35.1 Å². The lowest BCUT2D eigenvalue weighted by atomic mass is 10.2. The number of alkyl carbamates (subject to hydrolysis) is 1. The second-order valence-corrected chi connectivity index (χ2v) is 7.40. The molecule has 7 heteroatoms. The van der Waals surface area contributed by atoms with Gasteiger partial charge in [-0.25, -0.2) is 9.18 Å². The summed E-state index contributed by atoms with van der Waals surface area (Å²) in [6, 6.07) is 3.99. The summed E-state index contributed by atoms with van der Waals surface area (Å²) < 4.78 is 19.7. The predicted molar refractivity (Wildman–Crippen MR) is 87.3 cm³/mol.